The topological polar surface area (TPSA) is 38.7 Å². The standard InChI is InChI=1S/C19H17NO2/c1-3-14-7-9-15(10-8-14)12-17-19(21)22-18(20-17)16-6-4-5-13(2)11-16/h4-12H,3H2,1-2H3/b17-12-. The molecule has 0 amide bonds. The van der Waals surface area contributed by atoms with Gasteiger partial charge in [0.05, 0.1) is 0 Å². The minimum atomic E-state index is -0.406. The number of benzene rings is 2. The lowest BCUT2D eigenvalue weighted by Crippen LogP contribution is -2.05. The van der Waals surface area contributed by atoms with Gasteiger partial charge in [0.25, 0.3) is 0 Å². The zero-order valence-electron chi connectivity index (χ0n) is 12.7. The van der Waals surface area contributed by atoms with E-state index in [9.17, 15) is 4.79 Å². The van der Waals surface area contributed by atoms with Crippen LogP contribution < -0.4 is 0 Å². The highest BCUT2D eigenvalue weighted by atomic mass is 16.6. The first-order valence-corrected chi connectivity index (χ1v) is 7.34. The lowest BCUT2D eigenvalue weighted by molar-refractivity contribution is -0.129. The average molecular weight is 291 g/mol. The predicted molar refractivity (Wildman–Crippen MR) is 87.6 cm³/mol. The van der Waals surface area contributed by atoms with E-state index in [1.54, 1.807) is 6.08 Å². The summed E-state index contributed by atoms with van der Waals surface area (Å²) in [7, 11) is 0. The summed E-state index contributed by atoms with van der Waals surface area (Å²) in [6.45, 7) is 4.10. The number of aryl methyl sites for hydroxylation is 2. The molecule has 0 aliphatic carbocycles. The molecule has 1 heterocycles. The second kappa shape index (κ2) is 5.98. The molecular weight excluding hydrogens is 274 g/mol. The van der Waals surface area contributed by atoms with E-state index >= 15 is 0 Å². The summed E-state index contributed by atoms with van der Waals surface area (Å²) in [5.74, 6) is -0.0406. The third-order valence-electron chi connectivity index (χ3n) is 3.58. The number of aliphatic imine (C=N–C) groups is 1. The molecule has 0 N–H and O–H groups in total. The Hall–Kier alpha value is -2.68. The first-order valence-electron chi connectivity index (χ1n) is 7.34. The van der Waals surface area contributed by atoms with Crippen molar-refractivity contribution in [3.63, 3.8) is 0 Å². The summed E-state index contributed by atoms with van der Waals surface area (Å²) in [6, 6.07) is 15.8. The van der Waals surface area contributed by atoms with Crippen molar-refractivity contribution in [2.45, 2.75) is 20.3 Å². The molecule has 2 aromatic rings. The highest BCUT2D eigenvalue weighted by Gasteiger charge is 2.24. The number of carbonyl (C=O) groups excluding carboxylic acids is 1. The highest BCUT2D eigenvalue weighted by molar-refractivity contribution is 6.12. The van der Waals surface area contributed by atoms with Crippen molar-refractivity contribution in [1.29, 1.82) is 0 Å². The van der Waals surface area contributed by atoms with Gasteiger partial charge in [-0.15, -0.1) is 0 Å². The number of ether oxygens (including phenoxy) is 1. The van der Waals surface area contributed by atoms with Crippen LogP contribution in [-0.4, -0.2) is 11.9 Å². The molecule has 3 rings (SSSR count). The average Bonchev–Trinajstić information content (AvgIpc) is 2.89. The molecule has 0 aromatic heterocycles. The molecule has 3 nitrogen and oxygen atoms in total. The van der Waals surface area contributed by atoms with Gasteiger partial charge in [-0.25, -0.2) is 9.79 Å². The zero-order valence-corrected chi connectivity index (χ0v) is 12.7. The fraction of sp³-hybridized carbons (Fsp3) is 0.158. The summed E-state index contributed by atoms with van der Waals surface area (Å²) in [6.07, 6.45) is 2.75. The van der Waals surface area contributed by atoms with E-state index in [0.717, 1.165) is 23.1 Å². The van der Waals surface area contributed by atoms with Crippen molar-refractivity contribution in [3.8, 4) is 0 Å². The van der Waals surface area contributed by atoms with E-state index in [0.29, 0.717) is 11.6 Å². The SMILES string of the molecule is CCc1ccc(/C=C2\N=C(c3cccc(C)c3)OC2=O)cc1. The largest absolute Gasteiger partial charge is 0.402 e. The Bertz CT molecular complexity index is 770. The van der Waals surface area contributed by atoms with Crippen LogP contribution in [0.4, 0.5) is 0 Å². The lowest BCUT2D eigenvalue weighted by atomic mass is 10.1. The van der Waals surface area contributed by atoms with E-state index < -0.39 is 5.97 Å². The maximum Gasteiger partial charge on any atom is 0.363 e. The van der Waals surface area contributed by atoms with Crippen LogP contribution in [0.25, 0.3) is 6.08 Å². The quantitative estimate of drug-likeness (QED) is 0.635. The summed E-state index contributed by atoms with van der Waals surface area (Å²) in [5.41, 5.74) is 4.46. The van der Waals surface area contributed by atoms with Gasteiger partial charge in [-0.1, -0.05) is 48.9 Å². The number of cyclic esters (lactones) is 1. The molecule has 2 aromatic carbocycles. The van der Waals surface area contributed by atoms with Crippen molar-refractivity contribution in [2.24, 2.45) is 4.99 Å². The van der Waals surface area contributed by atoms with E-state index in [1.807, 2.05) is 43.3 Å². The Morgan fingerprint density at radius 3 is 2.59 bits per heavy atom. The molecule has 3 heteroatoms. The van der Waals surface area contributed by atoms with Gasteiger partial charge in [0.2, 0.25) is 5.90 Å². The van der Waals surface area contributed by atoms with E-state index in [-0.39, 0.29) is 0 Å². The Balaban J connectivity index is 1.90. The van der Waals surface area contributed by atoms with Crippen LogP contribution in [0.1, 0.15) is 29.2 Å². The van der Waals surface area contributed by atoms with Crippen LogP contribution in [0, 0.1) is 6.92 Å². The number of esters is 1. The Morgan fingerprint density at radius 2 is 1.91 bits per heavy atom. The number of nitrogens with zero attached hydrogens (tertiary/aromatic N) is 1. The fourth-order valence-corrected chi connectivity index (χ4v) is 2.32. The third-order valence-corrected chi connectivity index (χ3v) is 3.58. The third kappa shape index (κ3) is 2.98. The second-order valence-electron chi connectivity index (χ2n) is 5.30. The van der Waals surface area contributed by atoms with Crippen LogP contribution in [0.15, 0.2) is 59.2 Å². The first kappa shape index (κ1) is 14.3. The maximum absolute atomic E-state index is 12.0. The van der Waals surface area contributed by atoms with E-state index in [4.69, 9.17) is 4.74 Å². The number of hydrogen-bond donors (Lipinski definition) is 0. The normalized spacial score (nSPS) is 15.8. The minimum Gasteiger partial charge on any atom is -0.402 e. The van der Waals surface area contributed by atoms with Crippen molar-refractivity contribution in [1.82, 2.24) is 0 Å². The van der Waals surface area contributed by atoms with Gasteiger partial charge in [0, 0.05) is 5.56 Å². The van der Waals surface area contributed by atoms with Crippen LogP contribution in [0.2, 0.25) is 0 Å². The van der Waals surface area contributed by atoms with Gasteiger partial charge < -0.3 is 4.74 Å². The smallest absolute Gasteiger partial charge is 0.363 e. The molecular formula is C19H17NO2. The lowest BCUT2D eigenvalue weighted by Gasteiger charge is -1.99. The van der Waals surface area contributed by atoms with Crippen LogP contribution in [0.3, 0.4) is 0 Å². The highest BCUT2D eigenvalue weighted by Crippen LogP contribution is 2.20. The van der Waals surface area contributed by atoms with E-state index in [1.165, 1.54) is 5.56 Å². The summed E-state index contributed by atoms with van der Waals surface area (Å²) in [5, 5.41) is 0. The van der Waals surface area contributed by atoms with Crippen molar-refractivity contribution >= 4 is 17.9 Å². The molecule has 22 heavy (non-hydrogen) atoms. The molecule has 0 radical (unpaired) electrons. The van der Waals surface area contributed by atoms with Crippen molar-refractivity contribution in [3.05, 3.63) is 76.5 Å². The molecule has 1 aliphatic heterocycles. The molecule has 0 unspecified atom stereocenters. The summed E-state index contributed by atoms with van der Waals surface area (Å²) in [4.78, 5) is 16.3. The monoisotopic (exact) mass is 291 g/mol. The Kier molecular flexibility index (Phi) is 3.88. The van der Waals surface area contributed by atoms with Crippen LogP contribution in [-0.2, 0) is 16.0 Å². The predicted octanol–water partition coefficient (Wildman–Crippen LogP) is 3.90. The Morgan fingerprint density at radius 1 is 1.14 bits per heavy atom. The molecule has 0 atom stereocenters. The van der Waals surface area contributed by atoms with E-state index in [2.05, 4.69) is 24.0 Å². The van der Waals surface area contributed by atoms with Crippen molar-refractivity contribution in [2.75, 3.05) is 0 Å². The molecule has 1 aliphatic rings. The molecule has 0 bridgehead atoms. The van der Waals surface area contributed by atoms with Gasteiger partial charge in [-0.2, -0.15) is 0 Å². The van der Waals surface area contributed by atoms with Crippen LogP contribution in [0.5, 0.6) is 0 Å². The number of rotatable bonds is 3. The molecule has 0 saturated heterocycles. The number of carbonyl (C=O) groups is 1. The minimum absolute atomic E-state index is 0.334. The fourth-order valence-electron chi connectivity index (χ4n) is 2.32. The summed E-state index contributed by atoms with van der Waals surface area (Å²) < 4.78 is 5.27. The van der Waals surface area contributed by atoms with Gasteiger partial charge in [0.15, 0.2) is 5.70 Å². The maximum atomic E-state index is 12.0. The number of hydrogen-bond acceptors (Lipinski definition) is 3. The van der Waals surface area contributed by atoms with Gasteiger partial charge >= 0.3 is 5.97 Å². The molecule has 0 spiro atoms. The molecule has 0 saturated carbocycles. The zero-order chi connectivity index (χ0) is 15.5. The molecule has 0 fully saturated rings. The van der Waals surface area contributed by atoms with Crippen LogP contribution >= 0.6 is 0 Å². The van der Waals surface area contributed by atoms with Gasteiger partial charge in [-0.05, 0) is 42.7 Å². The molecule has 110 valence electrons. The Labute approximate surface area is 130 Å². The van der Waals surface area contributed by atoms with Gasteiger partial charge in [-0.3, -0.25) is 0 Å². The van der Waals surface area contributed by atoms with Crippen molar-refractivity contribution < 1.29 is 9.53 Å². The second-order valence-corrected chi connectivity index (χ2v) is 5.30. The van der Waals surface area contributed by atoms with Gasteiger partial charge in [0.1, 0.15) is 0 Å². The summed E-state index contributed by atoms with van der Waals surface area (Å²) >= 11 is 0. The first-order chi connectivity index (χ1) is 10.7.